The molecule has 3 fully saturated rings. The molecule has 29 heavy (non-hydrogen) atoms. The van der Waals surface area contributed by atoms with Crippen molar-refractivity contribution in [2.75, 3.05) is 18.0 Å². The Morgan fingerprint density at radius 2 is 1.83 bits per heavy atom. The van der Waals surface area contributed by atoms with Gasteiger partial charge in [-0.25, -0.2) is 4.39 Å². The molecule has 7 heteroatoms. The summed E-state index contributed by atoms with van der Waals surface area (Å²) in [6.45, 7) is 3.71. The van der Waals surface area contributed by atoms with Crippen molar-refractivity contribution in [3.8, 4) is 0 Å². The van der Waals surface area contributed by atoms with Gasteiger partial charge in [-0.1, -0.05) is 6.42 Å². The van der Waals surface area contributed by atoms with Gasteiger partial charge in [0.05, 0.1) is 0 Å². The molecule has 4 nitrogen and oxygen atoms in total. The van der Waals surface area contributed by atoms with Gasteiger partial charge in [0.1, 0.15) is 5.82 Å². The highest BCUT2D eigenvalue weighted by Gasteiger charge is 2.41. The minimum absolute atomic E-state index is 0. The summed E-state index contributed by atoms with van der Waals surface area (Å²) in [5, 5.41) is 3.33. The number of amides is 1. The molecular formula is C22H34Cl2FN3O. The van der Waals surface area contributed by atoms with Crippen molar-refractivity contribution in [2.24, 2.45) is 23.5 Å². The van der Waals surface area contributed by atoms with Crippen LogP contribution in [0.15, 0.2) is 18.2 Å². The summed E-state index contributed by atoms with van der Waals surface area (Å²) in [5.41, 5.74) is 8.41. The number of hydrogen-bond donors (Lipinski definition) is 2. The van der Waals surface area contributed by atoms with Crippen molar-refractivity contribution in [2.45, 2.75) is 64.0 Å². The Kier molecular flexibility index (Phi) is 8.62. The molecule has 1 saturated heterocycles. The highest BCUT2D eigenvalue weighted by molar-refractivity contribution is 5.85. The van der Waals surface area contributed by atoms with E-state index in [-0.39, 0.29) is 48.5 Å². The van der Waals surface area contributed by atoms with E-state index in [9.17, 15) is 9.18 Å². The molecule has 2 aliphatic carbocycles. The number of carbonyl (C=O) groups is 1. The van der Waals surface area contributed by atoms with Gasteiger partial charge >= 0.3 is 0 Å². The minimum Gasteiger partial charge on any atom is -0.369 e. The molecule has 0 radical (unpaired) electrons. The van der Waals surface area contributed by atoms with E-state index in [0.717, 1.165) is 50.0 Å². The summed E-state index contributed by atoms with van der Waals surface area (Å²) in [4.78, 5) is 15.2. The molecule has 3 atom stereocenters. The lowest BCUT2D eigenvalue weighted by molar-refractivity contribution is -0.128. The Bertz CT molecular complexity index is 691. The topological polar surface area (TPSA) is 58.4 Å². The van der Waals surface area contributed by atoms with Crippen LogP contribution in [0.5, 0.6) is 0 Å². The number of nitrogens with one attached hydrogen (secondary N) is 1. The van der Waals surface area contributed by atoms with E-state index in [1.807, 2.05) is 13.0 Å². The smallest absolute Gasteiger partial charge is 0.223 e. The van der Waals surface area contributed by atoms with Gasteiger partial charge in [-0.15, -0.1) is 24.8 Å². The Morgan fingerprint density at radius 1 is 1.14 bits per heavy atom. The number of fused-ring (bicyclic) bond motifs is 2. The Labute approximate surface area is 186 Å². The van der Waals surface area contributed by atoms with E-state index in [1.54, 1.807) is 6.07 Å². The first-order chi connectivity index (χ1) is 13.0. The fourth-order valence-electron chi connectivity index (χ4n) is 5.61. The second-order valence-electron chi connectivity index (χ2n) is 8.92. The van der Waals surface area contributed by atoms with Gasteiger partial charge in [0.25, 0.3) is 0 Å². The SMILES string of the molecule is Cc1cc(F)ccc1N1CCCC(NC(=O)C2CC3CCCC(C2)C3N)C1.Cl.Cl. The number of carbonyl (C=O) groups excluding carboxylic acids is 1. The van der Waals surface area contributed by atoms with Gasteiger partial charge in [-0.05, 0) is 81.0 Å². The molecule has 2 bridgehead atoms. The fraction of sp³-hybridized carbons (Fsp3) is 0.682. The number of anilines is 1. The van der Waals surface area contributed by atoms with E-state index in [0.29, 0.717) is 17.9 Å². The van der Waals surface area contributed by atoms with Gasteiger partial charge in [-0.3, -0.25) is 4.79 Å². The third-order valence-electron chi connectivity index (χ3n) is 7.05. The summed E-state index contributed by atoms with van der Waals surface area (Å²) < 4.78 is 13.4. The first-order valence-corrected chi connectivity index (χ1v) is 10.6. The van der Waals surface area contributed by atoms with Crippen LogP contribution in [0.3, 0.4) is 0 Å². The third kappa shape index (κ3) is 5.36. The highest BCUT2D eigenvalue weighted by Crippen LogP contribution is 2.42. The molecule has 1 aliphatic heterocycles. The number of halogens is 3. The average molecular weight is 446 g/mol. The molecule has 1 aromatic carbocycles. The molecule has 0 spiro atoms. The predicted octanol–water partition coefficient (Wildman–Crippen LogP) is 4.22. The molecule has 2 saturated carbocycles. The van der Waals surface area contributed by atoms with Crippen LogP contribution in [0, 0.1) is 30.5 Å². The number of nitrogens with zero attached hydrogens (tertiary/aromatic N) is 1. The van der Waals surface area contributed by atoms with Crippen molar-refractivity contribution >= 4 is 36.4 Å². The number of nitrogens with two attached hydrogens (primary N) is 1. The third-order valence-corrected chi connectivity index (χ3v) is 7.05. The monoisotopic (exact) mass is 445 g/mol. The molecule has 1 heterocycles. The maximum atomic E-state index is 13.4. The van der Waals surface area contributed by atoms with Crippen LogP contribution in [-0.2, 0) is 4.79 Å². The summed E-state index contributed by atoms with van der Waals surface area (Å²) in [6, 6.07) is 5.44. The fourth-order valence-corrected chi connectivity index (χ4v) is 5.61. The van der Waals surface area contributed by atoms with Crippen LogP contribution >= 0.6 is 24.8 Å². The van der Waals surface area contributed by atoms with Crippen molar-refractivity contribution in [1.82, 2.24) is 5.32 Å². The standard InChI is InChI=1S/C22H32FN3O.2ClH/c1-14-10-18(23)7-8-20(14)26-9-3-6-19(13-26)25-22(27)17-11-15-4-2-5-16(12-17)21(15)24;;/h7-8,10,15-17,19,21H,2-6,9,11-13,24H2,1H3,(H,25,27);2*1H. The molecular weight excluding hydrogens is 412 g/mol. The van der Waals surface area contributed by atoms with Gasteiger partial charge in [0.15, 0.2) is 0 Å². The average Bonchev–Trinajstić information content (AvgIpc) is 2.61. The Morgan fingerprint density at radius 3 is 2.48 bits per heavy atom. The number of benzene rings is 1. The van der Waals surface area contributed by atoms with E-state index in [1.165, 1.54) is 25.3 Å². The zero-order valence-corrected chi connectivity index (χ0v) is 18.7. The van der Waals surface area contributed by atoms with Gasteiger partial charge < -0.3 is 16.0 Å². The lowest BCUT2D eigenvalue weighted by atomic mass is 9.65. The Hall–Kier alpha value is -1.04. The van der Waals surface area contributed by atoms with Crippen molar-refractivity contribution in [3.63, 3.8) is 0 Å². The molecule has 3 N–H and O–H groups in total. The predicted molar refractivity (Wildman–Crippen MR) is 121 cm³/mol. The van der Waals surface area contributed by atoms with Crippen molar-refractivity contribution in [3.05, 3.63) is 29.6 Å². The van der Waals surface area contributed by atoms with E-state index in [2.05, 4.69) is 10.2 Å². The second-order valence-corrected chi connectivity index (χ2v) is 8.92. The number of rotatable bonds is 3. The molecule has 3 unspecified atom stereocenters. The van der Waals surface area contributed by atoms with Gasteiger partial charge in [0, 0.05) is 36.8 Å². The molecule has 164 valence electrons. The van der Waals surface area contributed by atoms with Crippen LogP contribution in [0.1, 0.15) is 50.5 Å². The lowest BCUT2D eigenvalue weighted by Gasteiger charge is -2.44. The highest BCUT2D eigenvalue weighted by atomic mass is 35.5. The minimum atomic E-state index is -0.195. The molecule has 1 amide bonds. The normalized spacial score (nSPS) is 31.3. The molecule has 3 aliphatic rings. The summed E-state index contributed by atoms with van der Waals surface area (Å²) in [7, 11) is 0. The molecule has 4 rings (SSSR count). The summed E-state index contributed by atoms with van der Waals surface area (Å²) in [6.07, 6.45) is 7.61. The quantitative estimate of drug-likeness (QED) is 0.731. The summed E-state index contributed by atoms with van der Waals surface area (Å²) >= 11 is 0. The van der Waals surface area contributed by atoms with E-state index < -0.39 is 0 Å². The molecule has 0 aromatic heterocycles. The number of piperidine rings is 1. The lowest BCUT2D eigenvalue weighted by Crippen LogP contribution is -2.53. The van der Waals surface area contributed by atoms with Crippen LogP contribution in [-0.4, -0.2) is 31.1 Å². The van der Waals surface area contributed by atoms with Crippen LogP contribution < -0.4 is 16.0 Å². The van der Waals surface area contributed by atoms with Crippen LogP contribution in [0.25, 0.3) is 0 Å². The van der Waals surface area contributed by atoms with Crippen molar-refractivity contribution < 1.29 is 9.18 Å². The second kappa shape index (κ2) is 10.3. The summed E-state index contributed by atoms with van der Waals surface area (Å²) in [5.74, 6) is 1.21. The first-order valence-electron chi connectivity index (χ1n) is 10.6. The Balaban J connectivity index is 0.00000150. The van der Waals surface area contributed by atoms with Crippen molar-refractivity contribution in [1.29, 1.82) is 0 Å². The number of aryl methyl sites for hydroxylation is 1. The first kappa shape index (κ1) is 24.2. The zero-order valence-electron chi connectivity index (χ0n) is 17.1. The zero-order chi connectivity index (χ0) is 19.0. The van der Waals surface area contributed by atoms with E-state index >= 15 is 0 Å². The van der Waals surface area contributed by atoms with Crippen LogP contribution in [0.2, 0.25) is 0 Å². The maximum Gasteiger partial charge on any atom is 0.223 e. The largest absolute Gasteiger partial charge is 0.369 e. The maximum absolute atomic E-state index is 13.4. The number of hydrogen-bond acceptors (Lipinski definition) is 3. The van der Waals surface area contributed by atoms with Gasteiger partial charge in [0.2, 0.25) is 5.91 Å². The molecule has 1 aromatic rings. The van der Waals surface area contributed by atoms with Crippen LogP contribution in [0.4, 0.5) is 10.1 Å². The van der Waals surface area contributed by atoms with E-state index in [4.69, 9.17) is 5.73 Å². The van der Waals surface area contributed by atoms with Gasteiger partial charge in [-0.2, -0.15) is 0 Å².